The van der Waals surface area contributed by atoms with Crippen LogP contribution in [0.2, 0.25) is 5.02 Å². The molecule has 1 fully saturated rings. The highest BCUT2D eigenvalue weighted by Gasteiger charge is 2.30. The summed E-state index contributed by atoms with van der Waals surface area (Å²) in [4.78, 5) is 14.7. The Labute approximate surface area is 159 Å². The van der Waals surface area contributed by atoms with Gasteiger partial charge >= 0.3 is 6.03 Å². The maximum absolute atomic E-state index is 12.5. The van der Waals surface area contributed by atoms with Gasteiger partial charge < -0.3 is 20.3 Å². The van der Waals surface area contributed by atoms with Gasteiger partial charge in [-0.2, -0.15) is 0 Å². The van der Waals surface area contributed by atoms with Gasteiger partial charge in [0.05, 0.1) is 13.2 Å². The average molecular weight is 374 g/mol. The van der Waals surface area contributed by atoms with Gasteiger partial charge in [-0.1, -0.05) is 23.7 Å². The first-order chi connectivity index (χ1) is 12.5. The maximum atomic E-state index is 12.5. The second kappa shape index (κ2) is 8.43. The Balaban J connectivity index is 1.69. The number of nitrogens with zero attached hydrogens (tertiary/aromatic N) is 1. The minimum absolute atomic E-state index is 0.0365. The van der Waals surface area contributed by atoms with E-state index in [-0.39, 0.29) is 18.0 Å². The predicted octanol–water partition coefficient (Wildman–Crippen LogP) is 3.96. The number of benzene rings is 2. The van der Waals surface area contributed by atoms with Gasteiger partial charge in [0.1, 0.15) is 5.75 Å². The van der Waals surface area contributed by atoms with E-state index in [0.717, 1.165) is 30.9 Å². The van der Waals surface area contributed by atoms with Crippen LogP contribution in [0.25, 0.3) is 0 Å². The molecule has 6 heteroatoms. The summed E-state index contributed by atoms with van der Waals surface area (Å²) in [5, 5.41) is 6.65. The Morgan fingerprint density at radius 1 is 1.15 bits per heavy atom. The zero-order chi connectivity index (χ0) is 18.5. The number of amides is 2. The molecule has 26 heavy (non-hydrogen) atoms. The number of nitrogens with one attached hydrogen (secondary N) is 2. The molecule has 2 aromatic rings. The van der Waals surface area contributed by atoms with Crippen molar-refractivity contribution in [3.63, 3.8) is 0 Å². The van der Waals surface area contributed by atoms with Gasteiger partial charge in [0.15, 0.2) is 0 Å². The summed E-state index contributed by atoms with van der Waals surface area (Å²) >= 11 is 5.89. The van der Waals surface area contributed by atoms with E-state index in [1.54, 1.807) is 31.4 Å². The van der Waals surface area contributed by atoms with Crippen LogP contribution >= 0.6 is 11.6 Å². The molecule has 0 saturated carbocycles. The minimum Gasteiger partial charge on any atom is -0.497 e. The van der Waals surface area contributed by atoms with Crippen LogP contribution in [0.5, 0.6) is 5.75 Å². The molecular formula is C20H24ClN3O2. The molecule has 0 radical (unpaired) electrons. The van der Waals surface area contributed by atoms with Crippen LogP contribution in [0.3, 0.4) is 0 Å². The normalized spacial score (nSPS) is 20.4. The molecule has 2 N–H and O–H groups in total. The number of urea groups is 1. The summed E-state index contributed by atoms with van der Waals surface area (Å²) in [5.41, 5.74) is 1.94. The number of methoxy groups -OCH3 is 1. The third-order valence-corrected chi connectivity index (χ3v) is 5.03. The summed E-state index contributed by atoms with van der Waals surface area (Å²) in [6, 6.07) is 15.0. The lowest BCUT2D eigenvalue weighted by Gasteiger charge is -2.37. The molecule has 3 rings (SSSR count). The first-order valence-electron chi connectivity index (χ1n) is 8.71. The Hall–Kier alpha value is -2.24. The van der Waals surface area contributed by atoms with E-state index in [9.17, 15) is 4.79 Å². The van der Waals surface area contributed by atoms with Crippen molar-refractivity contribution in [3.05, 3.63) is 59.1 Å². The van der Waals surface area contributed by atoms with Gasteiger partial charge in [-0.05, 0) is 62.0 Å². The topological polar surface area (TPSA) is 53.6 Å². The molecule has 1 unspecified atom stereocenters. The summed E-state index contributed by atoms with van der Waals surface area (Å²) in [5.74, 6) is 1.11. The Morgan fingerprint density at radius 3 is 2.50 bits per heavy atom. The van der Waals surface area contributed by atoms with E-state index in [2.05, 4.69) is 34.7 Å². The molecule has 5 nitrogen and oxygen atoms in total. The quantitative estimate of drug-likeness (QED) is 0.852. The van der Waals surface area contributed by atoms with Gasteiger partial charge in [-0.15, -0.1) is 0 Å². The second-order valence-electron chi connectivity index (χ2n) is 6.64. The molecule has 0 bridgehead atoms. The number of likely N-dealkylation sites (tertiary alicyclic amines) is 1. The van der Waals surface area contributed by atoms with Crippen LogP contribution in [0, 0.1) is 0 Å². The van der Waals surface area contributed by atoms with Crippen LogP contribution in [0.15, 0.2) is 48.5 Å². The van der Waals surface area contributed by atoms with Gasteiger partial charge in [0.25, 0.3) is 0 Å². The van der Waals surface area contributed by atoms with Crippen LogP contribution in [0.4, 0.5) is 10.5 Å². The smallest absolute Gasteiger partial charge is 0.319 e. The lowest BCUT2D eigenvalue weighted by molar-refractivity contribution is 0.199. The summed E-state index contributed by atoms with van der Waals surface area (Å²) in [7, 11) is 3.74. The first-order valence-corrected chi connectivity index (χ1v) is 9.08. The van der Waals surface area contributed by atoms with Crippen LogP contribution in [-0.2, 0) is 0 Å². The number of rotatable bonds is 4. The summed E-state index contributed by atoms with van der Waals surface area (Å²) < 4.78 is 5.24. The van der Waals surface area contributed by atoms with E-state index >= 15 is 0 Å². The maximum Gasteiger partial charge on any atom is 0.319 e. The largest absolute Gasteiger partial charge is 0.497 e. The molecule has 1 heterocycles. The van der Waals surface area contributed by atoms with Gasteiger partial charge in [-0.3, -0.25) is 0 Å². The number of piperidine rings is 1. The number of hydrogen-bond donors (Lipinski definition) is 2. The van der Waals surface area contributed by atoms with Crippen LogP contribution < -0.4 is 15.4 Å². The van der Waals surface area contributed by atoms with Crippen molar-refractivity contribution in [2.45, 2.75) is 18.4 Å². The lowest BCUT2D eigenvalue weighted by Crippen LogP contribution is -2.51. The van der Waals surface area contributed by atoms with E-state index in [4.69, 9.17) is 16.3 Å². The fourth-order valence-corrected chi connectivity index (χ4v) is 3.51. The third kappa shape index (κ3) is 4.68. The molecule has 2 amide bonds. The van der Waals surface area contributed by atoms with E-state index < -0.39 is 0 Å². The Kier molecular flexibility index (Phi) is 6.01. The molecule has 2 aromatic carbocycles. The number of likely N-dealkylation sites (N-methyl/N-ethyl adjacent to an activating group) is 1. The van der Waals surface area contributed by atoms with Crippen LogP contribution in [-0.4, -0.2) is 44.2 Å². The number of anilines is 1. The fourth-order valence-electron chi connectivity index (χ4n) is 3.38. The van der Waals surface area contributed by atoms with Crippen molar-refractivity contribution in [2.24, 2.45) is 0 Å². The SMILES string of the molecule is COc1ccc(C2CCN(C)C[C@H]2NC(=O)Nc2ccc(Cl)cc2)cc1. The zero-order valence-corrected chi connectivity index (χ0v) is 15.8. The number of carbonyl (C=O) groups is 1. The van der Waals surface area contributed by atoms with Crippen molar-refractivity contribution in [2.75, 3.05) is 32.6 Å². The van der Waals surface area contributed by atoms with E-state index in [0.29, 0.717) is 5.02 Å². The molecule has 0 spiro atoms. The number of hydrogen-bond acceptors (Lipinski definition) is 3. The van der Waals surface area contributed by atoms with Crippen molar-refractivity contribution in [1.82, 2.24) is 10.2 Å². The average Bonchev–Trinajstić information content (AvgIpc) is 2.64. The highest BCUT2D eigenvalue weighted by Crippen LogP contribution is 2.29. The Morgan fingerprint density at radius 2 is 1.85 bits per heavy atom. The summed E-state index contributed by atoms with van der Waals surface area (Å²) in [6.07, 6.45) is 0.995. The van der Waals surface area contributed by atoms with Crippen molar-refractivity contribution in [3.8, 4) is 5.75 Å². The molecule has 138 valence electrons. The summed E-state index contributed by atoms with van der Waals surface area (Å²) in [6.45, 7) is 1.82. The van der Waals surface area contributed by atoms with E-state index in [1.807, 2.05) is 12.1 Å². The second-order valence-corrected chi connectivity index (χ2v) is 7.08. The third-order valence-electron chi connectivity index (χ3n) is 4.78. The standard InChI is InChI=1S/C20H24ClN3O2/c1-24-12-11-18(14-3-9-17(26-2)10-4-14)19(13-24)23-20(25)22-16-7-5-15(21)6-8-16/h3-10,18-19H,11-13H2,1-2H3,(H2,22,23,25)/t18?,19-/m1/s1. The molecule has 1 aliphatic rings. The molecular weight excluding hydrogens is 350 g/mol. The van der Waals surface area contributed by atoms with Gasteiger partial charge in [-0.25, -0.2) is 4.79 Å². The van der Waals surface area contributed by atoms with E-state index in [1.165, 1.54) is 5.56 Å². The zero-order valence-electron chi connectivity index (χ0n) is 15.0. The highest BCUT2D eigenvalue weighted by molar-refractivity contribution is 6.30. The fraction of sp³-hybridized carbons (Fsp3) is 0.350. The predicted molar refractivity (Wildman–Crippen MR) is 105 cm³/mol. The number of ether oxygens (including phenoxy) is 1. The molecule has 1 saturated heterocycles. The Bertz CT molecular complexity index is 734. The van der Waals surface area contributed by atoms with Crippen LogP contribution in [0.1, 0.15) is 17.9 Å². The minimum atomic E-state index is -0.203. The molecule has 2 atom stereocenters. The molecule has 0 aliphatic carbocycles. The number of halogens is 1. The first kappa shape index (κ1) is 18.5. The monoisotopic (exact) mass is 373 g/mol. The van der Waals surface area contributed by atoms with Gasteiger partial charge in [0, 0.05) is 23.2 Å². The number of carbonyl (C=O) groups excluding carboxylic acids is 1. The van der Waals surface area contributed by atoms with Crippen molar-refractivity contribution in [1.29, 1.82) is 0 Å². The molecule has 0 aromatic heterocycles. The van der Waals surface area contributed by atoms with Crippen molar-refractivity contribution < 1.29 is 9.53 Å². The molecule has 1 aliphatic heterocycles. The highest BCUT2D eigenvalue weighted by atomic mass is 35.5. The van der Waals surface area contributed by atoms with Crippen molar-refractivity contribution >= 4 is 23.3 Å². The van der Waals surface area contributed by atoms with Gasteiger partial charge in [0.2, 0.25) is 0 Å². The lowest BCUT2D eigenvalue weighted by atomic mass is 9.85.